The molecule has 0 N–H and O–H groups in total. The van der Waals surface area contributed by atoms with Crippen LogP contribution in [0.3, 0.4) is 0 Å². The molecule has 0 bridgehead atoms. The molecule has 0 saturated carbocycles. The lowest BCUT2D eigenvalue weighted by atomic mass is 9.82. The third kappa shape index (κ3) is 4.35. The summed E-state index contributed by atoms with van der Waals surface area (Å²) in [6.07, 6.45) is 0. The number of hydrogen-bond acceptors (Lipinski definition) is 1. The van der Waals surface area contributed by atoms with Crippen molar-refractivity contribution in [2.24, 2.45) is 0 Å². The molecule has 0 saturated heterocycles. The molecule has 0 amide bonds. The number of fused-ring (bicyclic) bond motifs is 5. The molecule has 8 aromatic carbocycles. The van der Waals surface area contributed by atoms with E-state index < -0.39 is 0 Å². The summed E-state index contributed by atoms with van der Waals surface area (Å²) < 4.78 is 2.29. The minimum absolute atomic E-state index is 0.513. The van der Waals surface area contributed by atoms with E-state index in [1.165, 1.54) is 10.8 Å². The monoisotopic (exact) mass is 621 g/mol. The Morgan fingerprint density at radius 2 is 0.959 bits per heavy atom. The zero-order chi connectivity index (χ0) is 32.9. The van der Waals surface area contributed by atoms with Crippen molar-refractivity contribution in [2.45, 2.75) is 0 Å². The van der Waals surface area contributed by atoms with Crippen LogP contribution in [-0.4, -0.2) is 4.57 Å². The molecule has 3 heteroatoms. The Bertz CT molecular complexity index is 2740. The van der Waals surface area contributed by atoms with Gasteiger partial charge in [-0.2, -0.15) is 5.26 Å². The highest BCUT2D eigenvalue weighted by molar-refractivity contribution is 6.24. The topological polar surface area (TPSA) is 33.1 Å². The second-order valence-corrected chi connectivity index (χ2v) is 12.2. The first kappa shape index (κ1) is 28.3. The van der Waals surface area contributed by atoms with Crippen molar-refractivity contribution >= 4 is 49.0 Å². The van der Waals surface area contributed by atoms with Crippen LogP contribution in [0.5, 0.6) is 0 Å². The van der Waals surface area contributed by atoms with Crippen LogP contribution < -0.4 is 0 Å². The Hall–Kier alpha value is -6.94. The molecule has 0 fully saturated rings. The number of nitrogens with zero attached hydrogens (tertiary/aromatic N) is 3. The smallest absolute Gasteiger partial charge is 0.195 e. The van der Waals surface area contributed by atoms with E-state index in [1.807, 2.05) is 6.07 Å². The van der Waals surface area contributed by atoms with Gasteiger partial charge in [-0.3, -0.25) is 0 Å². The van der Waals surface area contributed by atoms with E-state index in [9.17, 15) is 5.26 Å². The molecule has 0 aliphatic carbocycles. The summed E-state index contributed by atoms with van der Waals surface area (Å²) in [5, 5.41) is 17.3. The van der Waals surface area contributed by atoms with E-state index in [2.05, 4.69) is 161 Å². The van der Waals surface area contributed by atoms with E-state index >= 15 is 0 Å². The molecule has 1 aromatic heterocycles. The zero-order valence-corrected chi connectivity index (χ0v) is 26.4. The van der Waals surface area contributed by atoms with Crippen LogP contribution in [0, 0.1) is 17.9 Å². The second kappa shape index (κ2) is 11.4. The highest BCUT2D eigenvalue weighted by Gasteiger charge is 2.24. The molecule has 9 aromatic rings. The van der Waals surface area contributed by atoms with Crippen LogP contribution in [0.1, 0.15) is 5.56 Å². The number of nitriles is 1. The summed E-state index contributed by atoms with van der Waals surface area (Å²) in [6, 6.07) is 58.8. The van der Waals surface area contributed by atoms with Crippen LogP contribution >= 0.6 is 0 Å². The van der Waals surface area contributed by atoms with Crippen molar-refractivity contribution in [3.05, 3.63) is 181 Å². The molecule has 0 spiro atoms. The predicted molar refractivity (Wildman–Crippen MR) is 203 cm³/mol. The van der Waals surface area contributed by atoms with Crippen molar-refractivity contribution in [1.82, 2.24) is 4.57 Å². The van der Waals surface area contributed by atoms with Gasteiger partial charge in [0.25, 0.3) is 0 Å². The first-order chi connectivity index (χ1) is 24.3. The maximum atomic E-state index is 10.6. The molecular formula is C46H27N3. The van der Waals surface area contributed by atoms with Gasteiger partial charge in [0.1, 0.15) is 0 Å². The highest BCUT2D eigenvalue weighted by Crippen LogP contribution is 2.50. The maximum Gasteiger partial charge on any atom is 0.195 e. The van der Waals surface area contributed by atoms with E-state index in [1.54, 1.807) is 12.1 Å². The normalized spacial score (nSPS) is 11.2. The fourth-order valence-electron chi connectivity index (χ4n) is 7.65. The molecule has 0 unspecified atom stereocenters. The van der Waals surface area contributed by atoms with E-state index in [0.29, 0.717) is 11.3 Å². The van der Waals surface area contributed by atoms with E-state index in [0.717, 1.165) is 71.6 Å². The number of para-hydroxylation sites is 2. The average Bonchev–Trinajstić information content (AvgIpc) is 3.51. The fourth-order valence-corrected chi connectivity index (χ4v) is 7.65. The van der Waals surface area contributed by atoms with Crippen molar-refractivity contribution in [2.75, 3.05) is 0 Å². The third-order valence-corrected chi connectivity index (χ3v) is 9.64. The molecule has 49 heavy (non-hydrogen) atoms. The Balaban J connectivity index is 1.40. The Kier molecular flexibility index (Phi) is 6.58. The molecular weight excluding hydrogens is 595 g/mol. The summed E-state index contributed by atoms with van der Waals surface area (Å²) in [5.74, 6) is 0. The molecule has 0 radical (unpaired) electrons. The van der Waals surface area contributed by atoms with Gasteiger partial charge < -0.3 is 4.57 Å². The molecule has 3 nitrogen and oxygen atoms in total. The maximum absolute atomic E-state index is 10.6. The van der Waals surface area contributed by atoms with E-state index in [4.69, 9.17) is 6.57 Å². The molecule has 0 atom stereocenters. The second-order valence-electron chi connectivity index (χ2n) is 12.2. The summed E-state index contributed by atoms with van der Waals surface area (Å²) in [7, 11) is 0. The van der Waals surface area contributed by atoms with Gasteiger partial charge in [0.15, 0.2) is 5.69 Å². The van der Waals surface area contributed by atoms with Crippen molar-refractivity contribution in [3.8, 4) is 45.1 Å². The summed E-state index contributed by atoms with van der Waals surface area (Å²) in [4.78, 5) is 4.09. The SMILES string of the molecule is [C-]#[N+]c1ccc(C#N)c(-c2cccc(-n3c4ccccc4c4ccccc43)c2)c1-c1c2ccccc2c(-c2ccccc2)c2ccccc12. The zero-order valence-electron chi connectivity index (χ0n) is 26.4. The third-order valence-electron chi connectivity index (χ3n) is 9.64. The van der Waals surface area contributed by atoms with Gasteiger partial charge in [0, 0.05) is 16.5 Å². The molecule has 0 aliphatic heterocycles. The number of aromatic nitrogens is 1. The fraction of sp³-hybridized carbons (Fsp3) is 0. The molecule has 0 aliphatic rings. The lowest BCUT2D eigenvalue weighted by Gasteiger charge is -2.21. The summed E-state index contributed by atoms with van der Waals surface area (Å²) in [6.45, 7) is 8.39. The molecule has 9 rings (SSSR count). The van der Waals surface area contributed by atoms with Crippen LogP contribution in [0.15, 0.2) is 164 Å². The molecule has 226 valence electrons. The Morgan fingerprint density at radius 3 is 1.53 bits per heavy atom. The predicted octanol–water partition coefficient (Wildman–Crippen LogP) is 12.5. The standard InChI is InChI=1S/C46H27N3/c1-48-40-27-26-32(29-47)43(31-16-13-17-33(28-31)49-41-24-11-9-18-34(41)35-19-10-12-25-42(35)49)46(40)45-38-22-7-5-20-36(38)44(30-14-3-2-4-15-30)37-21-6-8-23-39(37)45/h2-28H. The lowest BCUT2D eigenvalue weighted by Crippen LogP contribution is -1.97. The number of benzene rings is 8. The van der Waals surface area contributed by atoms with Gasteiger partial charge in [-0.05, 0) is 79.2 Å². The van der Waals surface area contributed by atoms with Crippen molar-refractivity contribution in [3.63, 3.8) is 0 Å². The Morgan fingerprint density at radius 1 is 0.449 bits per heavy atom. The largest absolute Gasteiger partial charge is 0.309 e. The van der Waals surface area contributed by atoms with Gasteiger partial charge in [-0.25, -0.2) is 4.85 Å². The molecule has 1 heterocycles. The summed E-state index contributed by atoms with van der Waals surface area (Å²) >= 11 is 0. The first-order valence-electron chi connectivity index (χ1n) is 16.3. The lowest BCUT2D eigenvalue weighted by molar-refractivity contribution is 1.18. The van der Waals surface area contributed by atoms with Gasteiger partial charge in [0.05, 0.1) is 29.2 Å². The van der Waals surface area contributed by atoms with Crippen molar-refractivity contribution < 1.29 is 0 Å². The van der Waals surface area contributed by atoms with Crippen LogP contribution in [0.4, 0.5) is 5.69 Å². The van der Waals surface area contributed by atoms with Crippen LogP contribution in [0.2, 0.25) is 0 Å². The number of rotatable bonds is 4. The quantitative estimate of drug-likeness (QED) is 0.142. The van der Waals surface area contributed by atoms with Crippen LogP contribution in [0.25, 0.3) is 87.3 Å². The van der Waals surface area contributed by atoms with Gasteiger partial charge in [-0.15, -0.1) is 0 Å². The van der Waals surface area contributed by atoms with Crippen molar-refractivity contribution in [1.29, 1.82) is 5.26 Å². The Labute approximate surface area is 284 Å². The minimum Gasteiger partial charge on any atom is -0.309 e. The van der Waals surface area contributed by atoms with Gasteiger partial charge >= 0.3 is 0 Å². The minimum atomic E-state index is 0.513. The van der Waals surface area contributed by atoms with Gasteiger partial charge in [-0.1, -0.05) is 140 Å². The van der Waals surface area contributed by atoms with Gasteiger partial charge in [0.2, 0.25) is 0 Å². The van der Waals surface area contributed by atoms with E-state index in [-0.39, 0.29) is 0 Å². The summed E-state index contributed by atoms with van der Waals surface area (Å²) in [5.41, 5.74) is 9.95. The highest BCUT2D eigenvalue weighted by atomic mass is 15.0. The first-order valence-corrected chi connectivity index (χ1v) is 16.3. The van der Waals surface area contributed by atoms with Crippen LogP contribution in [-0.2, 0) is 0 Å². The average molecular weight is 622 g/mol. The number of hydrogen-bond donors (Lipinski definition) is 0.